The SMILES string of the molecule is CCC(O)CSc1nnc(Cc2cccs2)n1C. The molecular weight excluding hydrogens is 266 g/mol. The zero-order valence-corrected chi connectivity index (χ0v) is 12.2. The van der Waals surface area contributed by atoms with E-state index in [1.807, 2.05) is 24.6 Å². The Bertz CT molecular complexity index is 481. The van der Waals surface area contributed by atoms with Crippen LogP contribution >= 0.6 is 23.1 Å². The Morgan fingerprint density at radius 3 is 3.00 bits per heavy atom. The average molecular weight is 283 g/mol. The van der Waals surface area contributed by atoms with Crippen molar-refractivity contribution >= 4 is 23.1 Å². The molecule has 4 nitrogen and oxygen atoms in total. The summed E-state index contributed by atoms with van der Waals surface area (Å²) in [4.78, 5) is 1.29. The summed E-state index contributed by atoms with van der Waals surface area (Å²) in [5.74, 6) is 1.63. The van der Waals surface area contributed by atoms with E-state index in [1.165, 1.54) is 4.88 Å². The van der Waals surface area contributed by atoms with E-state index >= 15 is 0 Å². The fourth-order valence-electron chi connectivity index (χ4n) is 1.48. The fraction of sp³-hybridized carbons (Fsp3) is 0.500. The summed E-state index contributed by atoms with van der Waals surface area (Å²) in [5, 5.41) is 20.9. The van der Waals surface area contributed by atoms with Crippen molar-refractivity contribution in [3.05, 3.63) is 28.2 Å². The van der Waals surface area contributed by atoms with Gasteiger partial charge in [0.15, 0.2) is 5.16 Å². The van der Waals surface area contributed by atoms with Crippen LogP contribution in [0.2, 0.25) is 0 Å². The third kappa shape index (κ3) is 3.34. The van der Waals surface area contributed by atoms with Crippen LogP contribution in [0.1, 0.15) is 24.0 Å². The number of aromatic nitrogens is 3. The highest BCUT2D eigenvalue weighted by molar-refractivity contribution is 7.99. The Morgan fingerprint density at radius 1 is 1.50 bits per heavy atom. The molecular formula is C12H17N3OS2. The predicted octanol–water partition coefficient (Wildman–Crippen LogP) is 2.33. The van der Waals surface area contributed by atoms with E-state index in [2.05, 4.69) is 21.6 Å². The van der Waals surface area contributed by atoms with Crippen molar-refractivity contribution in [1.29, 1.82) is 0 Å². The second kappa shape index (κ2) is 6.36. The molecule has 0 saturated heterocycles. The van der Waals surface area contributed by atoms with E-state index in [-0.39, 0.29) is 6.10 Å². The van der Waals surface area contributed by atoms with Crippen molar-refractivity contribution in [2.75, 3.05) is 5.75 Å². The molecule has 0 bridgehead atoms. The maximum atomic E-state index is 9.55. The Kier molecular flexibility index (Phi) is 4.79. The average Bonchev–Trinajstić information content (AvgIpc) is 2.99. The Hall–Kier alpha value is -0.850. The number of thioether (sulfide) groups is 1. The largest absolute Gasteiger partial charge is 0.392 e. The van der Waals surface area contributed by atoms with Crippen LogP contribution in [-0.2, 0) is 13.5 Å². The van der Waals surface area contributed by atoms with Gasteiger partial charge in [0.1, 0.15) is 5.82 Å². The molecule has 0 aliphatic heterocycles. The molecule has 0 saturated carbocycles. The first-order chi connectivity index (χ1) is 8.70. The molecule has 1 N–H and O–H groups in total. The van der Waals surface area contributed by atoms with Crippen LogP contribution in [-0.4, -0.2) is 31.7 Å². The minimum Gasteiger partial charge on any atom is -0.392 e. The zero-order valence-electron chi connectivity index (χ0n) is 10.5. The lowest BCUT2D eigenvalue weighted by molar-refractivity contribution is 0.195. The van der Waals surface area contributed by atoms with Crippen molar-refractivity contribution in [2.45, 2.75) is 31.0 Å². The zero-order chi connectivity index (χ0) is 13.0. The Balaban J connectivity index is 2.00. The van der Waals surface area contributed by atoms with Gasteiger partial charge >= 0.3 is 0 Å². The molecule has 0 aliphatic rings. The second-order valence-electron chi connectivity index (χ2n) is 4.09. The number of aliphatic hydroxyl groups is 1. The van der Waals surface area contributed by atoms with Gasteiger partial charge < -0.3 is 9.67 Å². The van der Waals surface area contributed by atoms with Crippen LogP contribution in [0.5, 0.6) is 0 Å². The molecule has 0 fully saturated rings. The number of hydrogen-bond donors (Lipinski definition) is 1. The maximum Gasteiger partial charge on any atom is 0.191 e. The highest BCUT2D eigenvalue weighted by Crippen LogP contribution is 2.20. The lowest BCUT2D eigenvalue weighted by Crippen LogP contribution is -2.08. The van der Waals surface area contributed by atoms with Crippen molar-refractivity contribution in [3.8, 4) is 0 Å². The summed E-state index contributed by atoms with van der Waals surface area (Å²) in [6.07, 6.45) is 1.32. The van der Waals surface area contributed by atoms with Crippen LogP contribution in [0, 0.1) is 0 Å². The van der Waals surface area contributed by atoms with Crippen LogP contribution in [0.3, 0.4) is 0 Å². The molecule has 2 aromatic rings. The first-order valence-electron chi connectivity index (χ1n) is 5.92. The first kappa shape index (κ1) is 13.6. The highest BCUT2D eigenvalue weighted by atomic mass is 32.2. The summed E-state index contributed by atoms with van der Waals surface area (Å²) < 4.78 is 2.01. The molecule has 2 aromatic heterocycles. The van der Waals surface area contributed by atoms with Gasteiger partial charge in [0.25, 0.3) is 0 Å². The predicted molar refractivity (Wildman–Crippen MR) is 75.1 cm³/mol. The van der Waals surface area contributed by atoms with Crippen LogP contribution in [0.15, 0.2) is 22.7 Å². The molecule has 0 amide bonds. The fourth-order valence-corrected chi connectivity index (χ4v) is 3.16. The van der Waals surface area contributed by atoms with Crippen molar-refractivity contribution < 1.29 is 5.11 Å². The van der Waals surface area contributed by atoms with Crippen LogP contribution in [0.4, 0.5) is 0 Å². The molecule has 1 unspecified atom stereocenters. The minimum atomic E-state index is -0.271. The van der Waals surface area contributed by atoms with Gasteiger partial charge in [-0.15, -0.1) is 21.5 Å². The highest BCUT2D eigenvalue weighted by Gasteiger charge is 2.11. The number of rotatable bonds is 6. The number of aliphatic hydroxyl groups excluding tert-OH is 1. The first-order valence-corrected chi connectivity index (χ1v) is 7.78. The summed E-state index contributed by atoms with van der Waals surface area (Å²) in [6.45, 7) is 1.98. The molecule has 2 rings (SSSR count). The summed E-state index contributed by atoms with van der Waals surface area (Å²) in [7, 11) is 1.98. The van der Waals surface area contributed by atoms with E-state index in [0.29, 0.717) is 5.75 Å². The van der Waals surface area contributed by atoms with E-state index in [9.17, 15) is 5.11 Å². The van der Waals surface area contributed by atoms with Crippen LogP contribution < -0.4 is 0 Å². The van der Waals surface area contributed by atoms with E-state index in [4.69, 9.17) is 0 Å². The topological polar surface area (TPSA) is 50.9 Å². The Labute approximate surface area is 115 Å². The third-order valence-electron chi connectivity index (χ3n) is 2.71. The molecule has 98 valence electrons. The molecule has 6 heteroatoms. The van der Waals surface area contributed by atoms with Crippen molar-refractivity contribution in [3.63, 3.8) is 0 Å². The monoisotopic (exact) mass is 283 g/mol. The van der Waals surface area contributed by atoms with Crippen molar-refractivity contribution in [1.82, 2.24) is 14.8 Å². The molecule has 0 aliphatic carbocycles. The summed E-state index contributed by atoms with van der Waals surface area (Å²) in [6, 6.07) is 4.15. The quantitative estimate of drug-likeness (QED) is 0.827. The molecule has 1 atom stereocenters. The molecule has 18 heavy (non-hydrogen) atoms. The number of hydrogen-bond acceptors (Lipinski definition) is 5. The lowest BCUT2D eigenvalue weighted by Gasteiger charge is -2.06. The van der Waals surface area contributed by atoms with Gasteiger partial charge in [-0.25, -0.2) is 0 Å². The van der Waals surface area contributed by atoms with Gasteiger partial charge in [-0.1, -0.05) is 24.8 Å². The molecule has 0 spiro atoms. The van der Waals surface area contributed by atoms with Gasteiger partial charge in [0.05, 0.1) is 6.10 Å². The van der Waals surface area contributed by atoms with E-state index in [0.717, 1.165) is 23.8 Å². The summed E-state index contributed by atoms with van der Waals surface area (Å²) in [5.41, 5.74) is 0. The number of nitrogens with zero attached hydrogens (tertiary/aromatic N) is 3. The smallest absolute Gasteiger partial charge is 0.191 e. The molecule has 0 radical (unpaired) electrons. The van der Waals surface area contributed by atoms with Crippen molar-refractivity contribution in [2.24, 2.45) is 7.05 Å². The van der Waals surface area contributed by atoms with Gasteiger partial charge in [-0.3, -0.25) is 0 Å². The summed E-state index contributed by atoms with van der Waals surface area (Å²) >= 11 is 3.29. The molecule has 2 heterocycles. The van der Waals surface area contributed by atoms with Crippen LogP contribution in [0.25, 0.3) is 0 Å². The molecule has 0 aromatic carbocycles. The minimum absolute atomic E-state index is 0.271. The normalized spacial score (nSPS) is 12.8. The lowest BCUT2D eigenvalue weighted by atomic mass is 10.3. The van der Waals surface area contributed by atoms with Gasteiger partial charge in [0.2, 0.25) is 0 Å². The van der Waals surface area contributed by atoms with Gasteiger partial charge in [-0.2, -0.15) is 0 Å². The van der Waals surface area contributed by atoms with E-state index < -0.39 is 0 Å². The van der Waals surface area contributed by atoms with Gasteiger partial charge in [-0.05, 0) is 17.9 Å². The van der Waals surface area contributed by atoms with E-state index in [1.54, 1.807) is 23.1 Å². The number of thiophene rings is 1. The van der Waals surface area contributed by atoms with Gasteiger partial charge in [0, 0.05) is 24.1 Å². The third-order valence-corrected chi connectivity index (χ3v) is 4.76. The standard InChI is InChI=1S/C12H17N3OS2/c1-3-9(16)8-18-12-14-13-11(15(12)2)7-10-5-4-6-17-10/h4-6,9,16H,3,7-8H2,1-2H3. The second-order valence-corrected chi connectivity index (χ2v) is 6.11. The Morgan fingerprint density at radius 2 is 2.33 bits per heavy atom. The maximum absolute atomic E-state index is 9.55.